The summed E-state index contributed by atoms with van der Waals surface area (Å²) in [6, 6.07) is 0. The van der Waals surface area contributed by atoms with E-state index in [-0.39, 0.29) is 6.09 Å². The van der Waals surface area contributed by atoms with Crippen LogP contribution < -0.4 is 0 Å². The number of nitrogens with zero attached hydrogens (tertiary/aromatic N) is 4. The lowest BCUT2D eigenvalue weighted by molar-refractivity contribution is 0.0909. The zero-order valence-corrected chi connectivity index (χ0v) is 14.7. The predicted octanol–water partition coefficient (Wildman–Crippen LogP) is 2.56. The van der Waals surface area contributed by atoms with Gasteiger partial charge in [-0.05, 0) is 33.4 Å². The number of unbranched alkanes of at least 4 members (excludes halogenated alkanes) is 1. The van der Waals surface area contributed by atoms with E-state index in [2.05, 4.69) is 41.7 Å². The van der Waals surface area contributed by atoms with Gasteiger partial charge >= 0.3 is 6.09 Å². The Hall–Kier alpha value is -1.56. The lowest BCUT2D eigenvalue weighted by Crippen LogP contribution is -2.39. The van der Waals surface area contributed by atoms with Crippen molar-refractivity contribution >= 4 is 6.09 Å². The molecule has 0 spiro atoms. The number of hydrogen-bond acceptors (Lipinski definition) is 4. The summed E-state index contributed by atoms with van der Waals surface area (Å²) in [4.78, 5) is 20.6. The monoisotopic (exact) mass is 322 g/mol. The highest BCUT2D eigenvalue weighted by molar-refractivity contribution is 5.67. The Kier molecular flexibility index (Phi) is 6.89. The third kappa shape index (κ3) is 5.23. The summed E-state index contributed by atoms with van der Waals surface area (Å²) in [5, 5.41) is 0. The van der Waals surface area contributed by atoms with Crippen LogP contribution >= 0.6 is 0 Å². The van der Waals surface area contributed by atoms with Gasteiger partial charge in [-0.15, -0.1) is 0 Å². The summed E-state index contributed by atoms with van der Waals surface area (Å²) in [6.45, 7) is 6.11. The summed E-state index contributed by atoms with van der Waals surface area (Å²) < 4.78 is 7.55. The second kappa shape index (κ2) is 8.91. The number of likely N-dealkylation sites (tertiary alicyclic amines) is 1. The van der Waals surface area contributed by atoms with Crippen molar-refractivity contribution in [3.05, 3.63) is 18.2 Å². The molecule has 1 aromatic heterocycles. The van der Waals surface area contributed by atoms with Gasteiger partial charge in [0.15, 0.2) is 0 Å². The molecule has 1 aliphatic heterocycles. The molecular weight excluding hydrogens is 292 g/mol. The van der Waals surface area contributed by atoms with Gasteiger partial charge < -0.3 is 19.1 Å². The van der Waals surface area contributed by atoms with E-state index in [4.69, 9.17) is 4.74 Å². The Morgan fingerprint density at radius 3 is 2.78 bits per heavy atom. The van der Waals surface area contributed by atoms with E-state index in [0.717, 1.165) is 57.7 Å². The highest BCUT2D eigenvalue weighted by Gasteiger charge is 2.27. The molecule has 0 aliphatic carbocycles. The molecule has 1 amide bonds. The molecule has 6 nitrogen and oxygen atoms in total. The minimum atomic E-state index is -0.159. The Morgan fingerprint density at radius 1 is 1.39 bits per heavy atom. The first-order chi connectivity index (χ1) is 11.1. The van der Waals surface area contributed by atoms with Crippen LogP contribution in [0.4, 0.5) is 4.79 Å². The van der Waals surface area contributed by atoms with Gasteiger partial charge in [-0.25, -0.2) is 9.78 Å². The molecule has 0 saturated carbocycles. The van der Waals surface area contributed by atoms with E-state index in [1.54, 1.807) is 0 Å². The van der Waals surface area contributed by atoms with Crippen molar-refractivity contribution in [1.82, 2.24) is 19.4 Å². The van der Waals surface area contributed by atoms with Crippen molar-refractivity contribution in [2.45, 2.75) is 45.1 Å². The number of rotatable bonds is 7. The number of ether oxygens (including phenoxy) is 1. The highest BCUT2D eigenvalue weighted by atomic mass is 16.6. The molecule has 1 aromatic rings. The van der Waals surface area contributed by atoms with Crippen LogP contribution in [-0.2, 0) is 11.3 Å². The molecule has 23 heavy (non-hydrogen) atoms. The maximum absolute atomic E-state index is 12.0. The van der Waals surface area contributed by atoms with Crippen LogP contribution in [0.3, 0.4) is 0 Å². The van der Waals surface area contributed by atoms with Gasteiger partial charge in [-0.2, -0.15) is 0 Å². The van der Waals surface area contributed by atoms with Crippen LogP contribution in [0.25, 0.3) is 0 Å². The van der Waals surface area contributed by atoms with E-state index < -0.39 is 0 Å². The Bertz CT molecular complexity index is 479. The van der Waals surface area contributed by atoms with Gasteiger partial charge in [0, 0.05) is 44.5 Å². The van der Waals surface area contributed by atoms with Crippen LogP contribution in [0.15, 0.2) is 12.4 Å². The molecule has 130 valence electrons. The number of likely N-dealkylation sites (N-methyl/N-ethyl adjacent to an activating group) is 1. The van der Waals surface area contributed by atoms with Crippen molar-refractivity contribution in [2.24, 2.45) is 0 Å². The molecule has 0 radical (unpaired) electrons. The molecule has 1 fully saturated rings. The van der Waals surface area contributed by atoms with Gasteiger partial charge in [0.2, 0.25) is 0 Å². The Balaban J connectivity index is 1.82. The minimum Gasteiger partial charge on any atom is -0.449 e. The SMILES string of the molecule is CCCCOC(=O)N1CCC(c2nccn2CCN(C)C)CC1. The fourth-order valence-electron chi connectivity index (χ4n) is 2.89. The summed E-state index contributed by atoms with van der Waals surface area (Å²) in [6.07, 6.45) is 7.69. The standard InChI is InChI=1S/C17H30N4O2/c1-4-5-14-23-17(22)21-9-6-15(7-10-21)16-18-8-11-20(16)13-12-19(2)3/h8,11,15H,4-7,9-10,12-14H2,1-3H3. The molecule has 1 saturated heterocycles. The topological polar surface area (TPSA) is 50.6 Å². The van der Waals surface area contributed by atoms with Crippen LogP contribution in [0.2, 0.25) is 0 Å². The zero-order valence-electron chi connectivity index (χ0n) is 14.7. The van der Waals surface area contributed by atoms with E-state index >= 15 is 0 Å². The quantitative estimate of drug-likeness (QED) is 0.724. The average Bonchev–Trinajstić information content (AvgIpc) is 3.01. The number of piperidine rings is 1. The van der Waals surface area contributed by atoms with Crippen molar-refractivity contribution < 1.29 is 9.53 Å². The van der Waals surface area contributed by atoms with Crippen LogP contribution in [0.5, 0.6) is 0 Å². The highest BCUT2D eigenvalue weighted by Crippen LogP contribution is 2.27. The zero-order chi connectivity index (χ0) is 16.7. The molecule has 1 aliphatic rings. The predicted molar refractivity (Wildman–Crippen MR) is 90.6 cm³/mol. The number of aromatic nitrogens is 2. The van der Waals surface area contributed by atoms with Gasteiger partial charge in [0.05, 0.1) is 6.61 Å². The molecule has 6 heteroatoms. The van der Waals surface area contributed by atoms with Crippen LogP contribution in [0.1, 0.15) is 44.3 Å². The van der Waals surface area contributed by atoms with E-state index in [1.165, 1.54) is 0 Å². The number of imidazole rings is 1. The summed E-state index contributed by atoms with van der Waals surface area (Å²) in [7, 11) is 4.17. The van der Waals surface area contributed by atoms with Crippen molar-refractivity contribution in [3.8, 4) is 0 Å². The summed E-state index contributed by atoms with van der Waals surface area (Å²) >= 11 is 0. The first-order valence-corrected chi connectivity index (χ1v) is 8.69. The molecule has 0 bridgehead atoms. The summed E-state index contributed by atoms with van der Waals surface area (Å²) in [5.74, 6) is 1.60. The fraction of sp³-hybridized carbons (Fsp3) is 0.765. The molecule has 0 atom stereocenters. The number of carbonyl (C=O) groups is 1. The normalized spacial score (nSPS) is 16.1. The third-order valence-electron chi connectivity index (χ3n) is 4.38. The molecule has 2 rings (SSSR count). The first kappa shape index (κ1) is 17.8. The summed E-state index contributed by atoms with van der Waals surface area (Å²) in [5.41, 5.74) is 0. The smallest absolute Gasteiger partial charge is 0.409 e. The van der Waals surface area contributed by atoms with Gasteiger partial charge in [-0.1, -0.05) is 13.3 Å². The molecule has 0 N–H and O–H groups in total. The van der Waals surface area contributed by atoms with Crippen molar-refractivity contribution in [2.75, 3.05) is 40.3 Å². The van der Waals surface area contributed by atoms with Gasteiger partial charge in [0.1, 0.15) is 5.82 Å². The molecular formula is C17H30N4O2. The van der Waals surface area contributed by atoms with Gasteiger partial charge in [-0.3, -0.25) is 0 Å². The van der Waals surface area contributed by atoms with Crippen molar-refractivity contribution in [1.29, 1.82) is 0 Å². The maximum atomic E-state index is 12.0. The molecule has 2 heterocycles. The number of hydrogen-bond donors (Lipinski definition) is 0. The third-order valence-corrected chi connectivity index (χ3v) is 4.38. The Labute approximate surface area is 139 Å². The van der Waals surface area contributed by atoms with Gasteiger partial charge in [0.25, 0.3) is 0 Å². The maximum Gasteiger partial charge on any atom is 0.409 e. The lowest BCUT2D eigenvalue weighted by atomic mass is 9.96. The second-order valence-electron chi connectivity index (χ2n) is 6.51. The fourth-order valence-corrected chi connectivity index (χ4v) is 2.89. The van der Waals surface area contributed by atoms with Crippen LogP contribution in [0, 0.1) is 0 Å². The average molecular weight is 322 g/mol. The van der Waals surface area contributed by atoms with E-state index in [0.29, 0.717) is 12.5 Å². The Morgan fingerprint density at radius 2 is 2.13 bits per heavy atom. The molecule has 0 aromatic carbocycles. The number of amides is 1. The first-order valence-electron chi connectivity index (χ1n) is 8.69. The largest absolute Gasteiger partial charge is 0.449 e. The van der Waals surface area contributed by atoms with E-state index in [9.17, 15) is 4.79 Å². The lowest BCUT2D eigenvalue weighted by Gasteiger charge is -2.31. The minimum absolute atomic E-state index is 0.159. The van der Waals surface area contributed by atoms with Crippen molar-refractivity contribution in [3.63, 3.8) is 0 Å². The molecule has 0 unspecified atom stereocenters. The van der Waals surface area contributed by atoms with Crippen LogP contribution in [-0.4, -0.2) is 65.8 Å². The second-order valence-corrected chi connectivity index (χ2v) is 6.51. The van der Waals surface area contributed by atoms with E-state index in [1.807, 2.05) is 11.1 Å². The number of carbonyl (C=O) groups excluding carboxylic acids is 1.